The number of rotatable bonds is 0. The van der Waals surface area contributed by atoms with Crippen LogP contribution >= 0.6 is 0 Å². The van der Waals surface area contributed by atoms with Crippen molar-refractivity contribution in [1.29, 1.82) is 0 Å². The van der Waals surface area contributed by atoms with Gasteiger partial charge in [-0.1, -0.05) is 71.9 Å². The normalized spacial score (nSPS) is 9.85. The molecule has 2 aromatic heterocycles. The number of hydrogen-bond acceptors (Lipinski definition) is 1. The Labute approximate surface area is 157 Å². The number of H-pyrrole nitrogens is 2. The molecule has 0 bridgehead atoms. The first kappa shape index (κ1) is 21.5. The molecule has 0 atom stereocenters. The Morgan fingerprint density at radius 2 is 1.19 bits per heavy atom. The molecule has 0 spiro atoms. The number of nitrogens with one attached hydrogen (secondary N) is 2. The molecule has 2 aromatic carbocycles. The van der Waals surface area contributed by atoms with Crippen molar-refractivity contribution < 1.29 is 0 Å². The largest absolute Gasteiger partial charge is 0.361 e. The van der Waals surface area contributed by atoms with E-state index in [-0.39, 0.29) is 0 Å². The van der Waals surface area contributed by atoms with Crippen LogP contribution in [0.1, 0.15) is 41.5 Å². The molecule has 0 aliphatic heterocycles. The van der Waals surface area contributed by atoms with Crippen LogP contribution in [0.5, 0.6) is 0 Å². The van der Waals surface area contributed by atoms with E-state index >= 15 is 0 Å². The number of benzene rings is 2. The van der Waals surface area contributed by atoms with Crippen molar-refractivity contribution in [2.24, 2.45) is 11.8 Å². The third-order valence-corrected chi connectivity index (χ3v) is 2.79. The molecule has 3 heteroatoms. The van der Waals surface area contributed by atoms with Gasteiger partial charge in [0.15, 0.2) is 0 Å². The van der Waals surface area contributed by atoms with Crippen molar-refractivity contribution in [2.45, 2.75) is 41.5 Å². The van der Waals surface area contributed by atoms with Gasteiger partial charge in [0.05, 0.1) is 17.4 Å². The molecule has 2 N–H and O–H groups in total. The lowest BCUT2D eigenvalue weighted by atomic mass is 10.3. The highest BCUT2D eigenvalue weighted by Gasteiger charge is 1.88. The van der Waals surface area contributed by atoms with Crippen LogP contribution in [0.3, 0.4) is 0 Å². The molecule has 4 rings (SSSR count). The minimum atomic E-state index is 0.833. The summed E-state index contributed by atoms with van der Waals surface area (Å²) >= 11 is 0. The van der Waals surface area contributed by atoms with Gasteiger partial charge in [0.25, 0.3) is 0 Å². The molecule has 0 saturated heterocycles. The molecule has 0 fully saturated rings. The summed E-state index contributed by atoms with van der Waals surface area (Å²) in [5.74, 6) is 1.67. The Morgan fingerprint density at radius 1 is 0.654 bits per heavy atom. The molecule has 26 heavy (non-hydrogen) atoms. The lowest BCUT2D eigenvalue weighted by molar-refractivity contribution is 0.736. The van der Waals surface area contributed by atoms with Crippen LogP contribution in [0.2, 0.25) is 0 Å². The Kier molecular flexibility index (Phi) is 9.85. The van der Waals surface area contributed by atoms with Crippen LogP contribution in [-0.2, 0) is 0 Å². The van der Waals surface area contributed by atoms with E-state index in [0.717, 1.165) is 22.9 Å². The summed E-state index contributed by atoms with van der Waals surface area (Å²) in [5, 5.41) is 1.28. The minimum absolute atomic E-state index is 0.833. The summed E-state index contributed by atoms with van der Waals surface area (Å²) in [6.45, 7) is 13.0. The molecular formula is C23H33N3. The van der Waals surface area contributed by atoms with Crippen molar-refractivity contribution >= 4 is 21.9 Å². The highest BCUT2D eigenvalue weighted by atomic mass is 14.9. The zero-order valence-electron chi connectivity index (χ0n) is 17.0. The van der Waals surface area contributed by atoms with Crippen molar-refractivity contribution in [2.75, 3.05) is 0 Å². The first-order valence-corrected chi connectivity index (χ1v) is 9.30. The van der Waals surface area contributed by atoms with Gasteiger partial charge >= 0.3 is 0 Å². The van der Waals surface area contributed by atoms with E-state index < -0.39 is 0 Å². The Hall–Kier alpha value is -2.55. The zero-order valence-corrected chi connectivity index (χ0v) is 17.0. The summed E-state index contributed by atoms with van der Waals surface area (Å²) in [6, 6.07) is 18.2. The summed E-state index contributed by atoms with van der Waals surface area (Å²) in [5.41, 5.74) is 3.33. The first-order chi connectivity index (χ1) is 12.4. The lowest BCUT2D eigenvalue weighted by Crippen LogP contribution is -1.66. The van der Waals surface area contributed by atoms with E-state index in [1.165, 1.54) is 10.9 Å². The van der Waals surface area contributed by atoms with E-state index in [1.54, 1.807) is 6.33 Å². The molecule has 0 aliphatic carbocycles. The molecule has 3 nitrogen and oxygen atoms in total. The maximum absolute atomic E-state index is 4.06. The number of aromatic amines is 2. The van der Waals surface area contributed by atoms with E-state index in [9.17, 15) is 0 Å². The van der Waals surface area contributed by atoms with Crippen molar-refractivity contribution in [1.82, 2.24) is 15.0 Å². The van der Waals surface area contributed by atoms with Crippen LogP contribution in [0.4, 0.5) is 0 Å². The fourth-order valence-electron chi connectivity index (χ4n) is 1.87. The Morgan fingerprint density at radius 3 is 1.77 bits per heavy atom. The van der Waals surface area contributed by atoms with Crippen molar-refractivity contribution in [3.63, 3.8) is 0 Å². The smallest absolute Gasteiger partial charge is 0.0931 e. The predicted octanol–water partition coefficient (Wildman–Crippen LogP) is 7.06. The first-order valence-electron chi connectivity index (χ1n) is 9.30. The highest BCUT2D eigenvalue weighted by molar-refractivity contribution is 5.78. The van der Waals surface area contributed by atoms with Crippen molar-refractivity contribution in [3.05, 3.63) is 67.1 Å². The molecule has 0 unspecified atom stereocenters. The number of para-hydroxylation sites is 3. The van der Waals surface area contributed by atoms with Crippen molar-refractivity contribution in [3.8, 4) is 0 Å². The Bertz CT molecular complexity index is 703. The maximum atomic E-state index is 4.06. The standard InChI is InChI=1S/C8H7N.C7H6N2.2C4H10/c1-2-4-8-7(3-1)5-6-9-8;1-2-4-7-6(3-1)8-5-9-7;2*1-4(2)3/h1-6,9H;1-5H,(H,8,9);2*4H,1-3H3. The number of hydrogen-bond donors (Lipinski definition) is 2. The summed E-state index contributed by atoms with van der Waals surface area (Å²) in [7, 11) is 0. The molecule has 0 radical (unpaired) electrons. The van der Waals surface area contributed by atoms with Gasteiger partial charge < -0.3 is 9.97 Å². The van der Waals surface area contributed by atoms with Crippen LogP contribution in [0.25, 0.3) is 21.9 Å². The number of fused-ring (bicyclic) bond motifs is 2. The third kappa shape index (κ3) is 9.07. The minimum Gasteiger partial charge on any atom is -0.361 e. The molecule has 2 heterocycles. The monoisotopic (exact) mass is 351 g/mol. The van der Waals surface area contributed by atoms with Gasteiger partial charge in [0, 0.05) is 11.7 Å². The van der Waals surface area contributed by atoms with Crippen LogP contribution in [0.15, 0.2) is 67.1 Å². The van der Waals surface area contributed by atoms with Crippen LogP contribution in [0, 0.1) is 11.8 Å². The summed E-state index contributed by atoms with van der Waals surface area (Å²) in [6.07, 6.45) is 3.65. The fraction of sp³-hybridized carbons (Fsp3) is 0.348. The van der Waals surface area contributed by atoms with Gasteiger partial charge in [0.2, 0.25) is 0 Å². The zero-order chi connectivity index (χ0) is 19.4. The van der Waals surface area contributed by atoms with E-state index in [1.807, 2.05) is 42.6 Å². The average Bonchev–Trinajstić information content (AvgIpc) is 3.23. The number of aromatic nitrogens is 3. The molecule has 0 amide bonds. The van der Waals surface area contributed by atoms with Gasteiger partial charge in [-0.25, -0.2) is 4.98 Å². The van der Waals surface area contributed by atoms with E-state index in [4.69, 9.17) is 0 Å². The quantitative estimate of drug-likeness (QED) is 0.350. The van der Waals surface area contributed by atoms with Crippen LogP contribution < -0.4 is 0 Å². The van der Waals surface area contributed by atoms with E-state index in [0.29, 0.717) is 0 Å². The predicted molar refractivity (Wildman–Crippen MR) is 115 cm³/mol. The Balaban J connectivity index is 0.000000188. The van der Waals surface area contributed by atoms with Gasteiger partial charge in [-0.2, -0.15) is 0 Å². The summed E-state index contributed by atoms with van der Waals surface area (Å²) < 4.78 is 0. The second-order valence-corrected chi connectivity index (χ2v) is 7.45. The van der Waals surface area contributed by atoms with Crippen LogP contribution in [-0.4, -0.2) is 15.0 Å². The third-order valence-electron chi connectivity index (χ3n) is 2.79. The van der Waals surface area contributed by atoms with Gasteiger partial charge in [-0.15, -0.1) is 0 Å². The summed E-state index contributed by atoms with van der Waals surface area (Å²) in [4.78, 5) is 10.2. The molecule has 0 aliphatic rings. The average molecular weight is 352 g/mol. The molecule has 4 aromatic rings. The van der Waals surface area contributed by atoms with Gasteiger partial charge in [-0.05, 0) is 41.5 Å². The highest BCUT2D eigenvalue weighted by Crippen LogP contribution is 2.09. The number of imidazole rings is 1. The SMILES string of the molecule is CC(C)C.CC(C)C.c1ccc2[nH]ccc2c1.c1ccc2[nH]cnc2c1. The van der Waals surface area contributed by atoms with Gasteiger partial charge in [-0.3, -0.25) is 0 Å². The lowest BCUT2D eigenvalue weighted by Gasteiger charge is -1.83. The topological polar surface area (TPSA) is 44.5 Å². The number of nitrogens with zero attached hydrogens (tertiary/aromatic N) is 1. The fourth-order valence-corrected chi connectivity index (χ4v) is 1.87. The molecule has 140 valence electrons. The molecule has 0 saturated carbocycles. The maximum Gasteiger partial charge on any atom is 0.0931 e. The van der Waals surface area contributed by atoms with Gasteiger partial charge in [0.1, 0.15) is 0 Å². The second-order valence-electron chi connectivity index (χ2n) is 7.45. The van der Waals surface area contributed by atoms with E-state index in [2.05, 4.69) is 74.7 Å². The second kappa shape index (κ2) is 11.9. The molecular weight excluding hydrogens is 318 g/mol.